The van der Waals surface area contributed by atoms with Crippen LogP contribution in [0.3, 0.4) is 0 Å². The van der Waals surface area contributed by atoms with Gasteiger partial charge in [0.25, 0.3) is 0 Å². The number of nitrogens with zero attached hydrogens (tertiary/aromatic N) is 2. The maximum atomic E-state index is 14.4. The molecule has 3 aromatic rings. The fourth-order valence-corrected chi connectivity index (χ4v) is 4.28. The highest BCUT2D eigenvalue weighted by molar-refractivity contribution is 5.97. The number of carbonyl (C=O) groups is 1. The van der Waals surface area contributed by atoms with E-state index in [1.807, 2.05) is 31.2 Å². The Labute approximate surface area is 196 Å². The molecule has 0 radical (unpaired) electrons. The molecule has 7 nitrogen and oxygen atoms in total. The average molecular weight is 464 g/mol. The lowest BCUT2D eigenvalue weighted by Gasteiger charge is -2.23. The summed E-state index contributed by atoms with van der Waals surface area (Å²) in [6.45, 7) is 2.01. The molecular formula is C26H26FN3O4. The highest BCUT2D eigenvalue weighted by Crippen LogP contribution is 2.39. The summed E-state index contributed by atoms with van der Waals surface area (Å²) in [7, 11) is 0. The number of aromatic hydroxyl groups is 1. The number of aryl methyl sites for hydroxylation is 3. The molecule has 0 fully saturated rings. The van der Waals surface area contributed by atoms with E-state index in [9.17, 15) is 19.4 Å². The summed E-state index contributed by atoms with van der Waals surface area (Å²) in [5, 5.41) is 39.0. The maximum Gasteiger partial charge on any atom is 0.303 e. The van der Waals surface area contributed by atoms with E-state index >= 15 is 0 Å². The first-order valence-electron chi connectivity index (χ1n) is 11.1. The number of nitrogens with one attached hydrogen (secondary N) is 1. The van der Waals surface area contributed by atoms with E-state index in [2.05, 4.69) is 15.2 Å². The molecule has 1 aliphatic rings. The van der Waals surface area contributed by atoms with Crippen LogP contribution in [0.2, 0.25) is 0 Å². The minimum atomic E-state index is -1.05. The van der Waals surface area contributed by atoms with Gasteiger partial charge < -0.3 is 20.3 Å². The Kier molecular flexibility index (Phi) is 6.88. The van der Waals surface area contributed by atoms with Crippen LogP contribution >= 0.6 is 0 Å². The van der Waals surface area contributed by atoms with Gasteiger partial charge in [0.05, 0.1) is 11.2 Å². The lowest BCUT2D eigenvalue weighted by Crippen LogP contribution is -2.24. The number of aromatic nitrogens is 1. The number of aliphatic hydroxyl groups excluding tert-OH is 1. The summed E-state index contributed by atoms with van der Waals surface area (Å²) in [6.07, 6.45) is 2.86. The number of aromatic amines is 1. The van der Waals surface area contributed by atoms with Crippen molar-refractivity contribution in [3.8, 4) is 5.88 Å². The van der Waals surface area contributed by atoms with Gasteiger partial charge in [-0.15, -0.1) is 5.11 Å². The van der Waals surface area contributed by atoms with Crippen LogP contribution in [-0.2, 0) is 17.6 Å². The van der Waals surface area contributed by atoms with Gasteiger partial charge in [-0.05, 0) is 61.1 Å². The summed E-state index contributed by atoms with van der Waals surface area (Å²) < 4.78 is 14.4. The molecular weight excluding hydrogens is 437 g/mol. The van der Waals surface area contributed by atoms with Crippen LogP contribution in [0.4, 0.5) is 10.1 Å². The number of azo groups is 1. The van der Waals surface area contributed by atoms with E-state index < -0.39 is 23.8 Å². The number of carboxylic acids is 1. The van der Waals surface area contributed by atoms with Crippen molar-refractivity contribution >= 4 is 22.6 Å². The second-order valence-electron chi connectivity index (χ2n) is 8.45. The van der Waals surface area contributed by atoms with E-state index in [0.717, 1.165) is 17.2 Å². The number of hydrogen-bond donors (Lipinski definition) is 4. The first-order chi connectivity index (χ1) is 16.3. The molecule has 2 atom stereocenters. The van der Waals surface area contributed by atoms with Crippen molar-refractivity contribution in [1.29, 1.82) is 0 Å². The fourth-order valence-electron chi connectivity index (χ4n) is 4.28. The molecule has 34 heavy (non-hydrogen) atoms. The van der Waals surface area contributed by atoms with Gasteiger partial charge >= 0.3 is 5.97 Å². The Bertz CT molecular complexity index is 1310. The molecule has 0 amide bonds. The summed E-state index contributed by atoms with van der Waals surface area (Å²) >= 11 is 0. The second kappa shape index (κ2) is 10.0. The van der Waals surface area contributed by atoms with Gasteiger partial charge in [0.1, 0.15) is 11.9 Å². The van der Waals surface area contributed by atoms with Crippen molar-refractivity contribution in [2.24, 2.45) is 16.1 Å². The Morgan fingerprint density at radius 3 is 2.62 bits per heavy atom. The lowest BCUT2D eigenvalue weighted by molar-refractivity contribution is -0.136. The van der Waals surface area contributed by atoms with Crippen molar-refractivity contribution in [2.45, 2.75) is 38.7 Å². The van der Waals surface area contributed by atoms with E-state index in [0.29, 0.717) is 29.3 Å². The fraction of sp³-hybridized carbons (Fsp3) is 0.269. The van der Waals surface area contributed by atoms with E-state index in [4.69, 9.17) is 5.11 Å². The smallest absolute Gasteiger partial charge is 0.303 e. The number of rotatable bonds is 8. The highest BCUT2D eigenvalue weighted by atomic mass is 19.1. The van der Waals surface area contributed by atoms with E-state index in [1.165, 1.54) is 6.08 Å². The molecule has 176 valence electrons. The number of carboxylic acid groups (broad SMARTS) is 1. The zero-order valence-corrected chi connectivity index (χ0v) is 18.7. The van der Waals surface area contributed by atoms with E-state index in [1.54, 1.807) is 18.2 Å². The van der Waals surface area contributed by atoms with Crippen molar-refractivity contribution in [3.05, 3.63) is 82.8 Å². The monoisotopic (exact) mass is 463 g/mol. The number of benzene rings is 2. The predicted molar refractivity (Wildman–Crippen MR) is 127 cm³/mol. The molecule has 1 aliphatic carbocycles. The van der Waals surface area contributed by atoms with Crippen LogP contribution in [0, 0.1) is 12.8 Å². The Hall–Kier alpha value is -3.78. The third-order valence-electron chi connectivity index (χ3n) is 6.11. The van der Waals surface area contributed by atoms with Gasteiger partial charge in [0.15, 0.2) is 5.69 Å². The van der Waals surface area contributed by atoms with Crippen molar-refractivity contribution in [3.63, 3.8) is 0 Å². The third kappa shape index (κ3) is 5.07. The molecule has 2 unspecified atom stereocenters. The number of hydrogen-bond acceptors (Lipinski definition) is 5. The Morgan fingerprint density at radius 1 is 1.09 bits per heavy atom. The van der Waals surface area contributed by atoms with Gasteiger partial charge in [0, 0.05) is 17.7 Å². The molecule has 0 saturated carbocycles. The van der Waals surface area contributed by atoms with Gasteiger partial charge in [0.2, 0.25) is 5.88 Å². The lowest BCUT2D eigenvalue weighted by atomic mass is 9.88. The third-order valence-corrected chi connectivity index (χ3v) is 6.11. The first-order valence-corrected chi connectivity index (χ1v) is 11.1. The van der Waals surface area contributed by atoms with E-state index in [-0.39, 0.29) is 30.1 Å². The largest absolute Gasteiger partial charge is 0.493 e. The standard InChI is InChI=1S/C26H26FN3O4/c1-15-5-2-3-6-16(15)9-10-18-13-19(27)14-21(25(18)33)29-30-24-23-17(11-12-22(31)32)7-4-8-20(23)28-26(24)34/h2-8,13-14,18,25,28,33-34H,9-12H2,1H3,(H,31,32). The molecule has 4 rings (SSSR count). The van der Waals surface area contributed by atoms with Gasteiger partial charge in [-0.25, -0.2) is 4.39 Å². The quantitative estimate of drug-likeness (QED) is 0.323. The molecule has 8 heteroatoms. The first kappa shape index (κ1) is 23.4. The molecule has 0 bridgehead atoms. The van der Waals surface area contributed by atoms with Gasteiger partial charge in [-0.1, -0.05) is 36.4 Å². The van der Waals surface area contributed by atoms with Crippen LogP contribution in [0.5, 0.6) is 5.88 Å². The zero-order chi connectivity index (χ0) is 24.2. The normalized spacial score (nSPS) is 18.3. The minimum Gasteiger partial charge on any atom is -0.493 e. The summed E-state index contributed by atoms with van der Waals surface area (Å²) in [6, 6.07) is 13.2. The highest BCUT2D eigenvalue weighted by Gasteiger charge is 2.26. The molecule has 1 heterocycles. The zero-order valence-electron chi connectivity index (χ0n) is 18.7. The van der Waals surface area contributed by atoms with Gasteiger partial charge in [-0.3, -0.25) is 4.79 Å². The summed E-state index contributed by atoms with van der Waals surface area (Å²) in [5.74, 6) is -2.14. The number of aliphatic hydroxyl groups is 1. The number of fused-ring (bicyclic) bond motifs is 1. The van der Waals surface area contributed by atoms with Crippen LogP contribution in [0.1, 0.15) is 29.5 Å². The number of halogens is 1. The van der Waals surface area contributed by atoms with Crippen molar-refractivity contribution in [2.75, 3.05) is 0 Å². The minimum absolute atomic E-state index is 0.0616. The van der Waals surface area contributed by atoms with Crippen LogP contribution in [0.15, 0.2) is 76.4 Å². The summed E-state index contributed by atoms with van der Waals surface area (Å²) in [4.78, 5) is 13.8. The Balaban J connectivity index is 1.57. The second-order valence-corrected chi connectivity index (χ2v) is 8.45. The van der Waals surface area contributed by atoms with Gasteiger partial charge in [-0.2, -0.15) is 5.11 Å². The molecule has 4 N–H and O–H groups in total. The molecule has 0 aliphatic heterocycles. The van der Waals surface area contributed by atoms with Crippen LogP contribution in [0.25, 0.3) is 10.9 Å². The van der Waals surface area contributed by atoms with Crippen LogP contribution in [-0.4, -0.2) is 32.4 Å². The number of H-pyrrole nitrogens is 1. The molecule has 2 aromatic carbocycles. The van der Waals surface area contributed by atoms with Crippen LogP contribution < -0.4 is 0 Å². The summed E-state index contributed by atoms with van der Waals surface area (Å²) in [5.41, 5.74) is 3.72. The molecule has 0 saturated heterocycles. The molecule has 0 spiro atoms. The molecule has 1 aromatic heterocycles. The topological polar surface area (TPSA) is 118 Å². The van der Waals surface area contributed by atoms with Crippen molar-refractivity contribution in [1.82, 2.24) is 4.98 Å². The average Bonchev–Trinajstić information content (AvgIpc) is 3.13. The van der Waals surface area contributed by atoms with Crippen molar-refractivity contribution < 1.29 is 24.5 Å². The predicted octanol–water partition coefficient (Wildman–Crippen LogP) is 5.64. The maximum absolute atomic E-state index is 14.4. The number of allylic oxidation sites excluding steroid dienone is 2. The Morgan fingerprint density at radius 2 is 1.85 bits per heavy atom. The SMILES string of the molecule is Cc1ccccc1CCC1C=C(F)C=C(N=Nc2c(O)[nH]c3cccc(CCC(=O)O)c23)C1O. The number of aliphatic carboxylic acids is 1.